The van der Waals surface area contributed by atoms with Crippen molar-refractivity contribution in [3.63, 3.8) is 0 Å². The highest BCUT2D eigenvalue weighted by molar-refractivity contribution is 8.01. The zero-order valence-electron chi connectivity index (χ0n) is 16.5. The number of thioether (sulfide) groups is 1. The molecule has 0 spiro atoms. The van der Waals surface area contributed by atoms with Crippen LogP contribution in [0.3, 0.4) is 0 Å². The Labute approximate surface area is 184 Å². The molecule has 1 atom stereocenters. The second-order valence-corrected chi connectivity index (χ2v) is 9.98. The van der Waals surface area contributed by atoms with E-state index in [0.29, 0.717) is 22.6 Å². The molecule has 1 heterocycles. The lowest BCUT2D eigenvalue weighted by Crippen LogP contribution is -2.26. The fourth-order valence-electron chi connectivity index (χ4n) is 2.99. The van der Waals surface area contributed by atoms with Crippen LogP contribution >= 0.6 is 11.8 Å². The van der Waals surface area contributed by atoms with Gasteiger partial charge in [-0.2, -0.15) is 0 Å². The first-order chi connectivity index (χ1) is 14.8. The Morgan fingerprint density at radius 3 is 2.39 bits per heavy atom. The minimum atomic E-state index is -3.74. The number of nitrogens with one attached hydrogen (secondary N) is 3. The molecule has 0 saturated heterocycles. The molecule has 31 heavy (non-hydrogen) atoms. The lowest BCUT2D eigenvalue weighted by atomic mass is 10.1. The second kappa shape index (κ2) is 8.44. The minimum absolute atomic E-state index is 0.0805. The molecule has 9 heteroatoms. The van der Waals surface area contributed by atoms with Crippen LogP contribution in [-0.2, 0) is 14.8 Å². The van der Waals surface area contributed by atoms with Gasteiger partial charge in [0.05, 0.1) is 15.8 Å². The summed E-state index contributed by atoms with van der Waals surface area (Å²) in [5.74, 6) is -0.463. The third-order valence-corrected chi connectivity index (χ3v) is 7.20. The minimum Gasteiger partial charge on any atom is -0.324 e. The summed E-state index contributed by atoms with van der Waals surface area (Å²) in [7, 11) is -3.74. The number of carbonyl (C=O) groups is 2. The third-order valence-electron chi connectivity index (χ3n) is 4.62. The van der Waals surface area contributed by atoms with Crippen LogP contribution < -0.4 is 15.4 Å². The predicted octanol–water partition coefficient (Wildman–Crippen LogP) is 4.17. The lowest BCUT2D eigenvalue weighted by Gasteiger charge is -2.21. The molecule has 3 N–H and O–H groups in total. The average Bonchev–Trinajstić information content (AvgIpc) is 2.75. The molecule has 0 radical (unpaired) electrons. The van der Waals surface area contributed by atoms with Gasteiger partial charge >= 0.3 is 0 Å². The SMILES string of the molecule is CC1Sc2ccc(C(=O)Nc3ccc(S(=O)(=O)Nc4ccccc4)cc3)cc2NC1=O. The van der Waals surface area contributed by atoms with E-state index in [1.54, 1.807) is 48.5 Å². The summed E-state index contributed by atoms with van der Waals surface area (Å²) in [6.07, 6.45) is 0. The monoisotopic (exact) mass is 453 g/mol. The number of rotatable bonds is 5. The van der Waals surface area contributed by atoms with Gasteiger partial charge in [0.2, 0.25) is 5.91 Å². The molecule has 0 aliphatic carbocycles. The van der Waals surface area contributed by atoms with Crippen LogP contribution in [0.1, 0.15) is 17.3 Å². The predicted molar refractivity (Wildman–Crippen MR) is 122 cm³/mol. The Balaban J connectivity index is 1.46. The van der Waals surface area contributed by atoms with E-state index in [4.69, 9.17) is 0 Å². The first-order valence-electron chi connectivity index (χ1n) is 9.43. The number of hydrogen-bond acceptors (Lipinski definition) is 5. The Bertz CT molecular complexity index is 1240. The van der Waals surface area contributed by atoms with Gasteiger partial charge in [0.1, 0.15) is 0 Å². The number of amides is 2. The van der Waals surface area contributed by atoms with Gasteiger partial charge in [-0.05, 0) is 61.5 Å². The van der Waals surface area contributed by atoms with Crippen LogP contribution in [0.25, 0.3) is 0 Å². The van der Waals surface area contributed by atoms with Crippen molar-refractivity contribution in [2.45, 2.75) is 22.0 Å². The van der Waals surface area contributed by atoms with Crippen LogP contribution in [0.4, 0.5) is 17.1 Å². The molecule has 4 rings (SSSR count). The molecule has 2 amide bonds. The van der Waals surface area contributed by atoms with Gasteiger partial charge in [-0.25, -0.2) is 8.42 Å². The van der Waals surface area contributed by atoms with Gasteiger partial charge in [0, 0.05) is 21.8 Å². The molecule has 0 fully saturated rings. The molecule has 158 valence electrons. The fraction of sp³-hybridized carbons (Fsp3) is 0.0909. The van der Waals surface area contributed by atoms with E-state index in [2.05, 4.69) is 15.4 Å². The smallest absolute Gasteiger partial charge is 0.261 e. The quantitative estimate of drug-likeness (QED) is 0.538. The molecule has 1 aliphatic rings. The van der Waals surface area contributed by atoms with E-state index in [1.165, 1.54) is 36.0 Å². The molecule has 0 bridgehead atoms. The molecular formula is C22H19N3O4S2. The highest BCUT2D eigenvalue weighted by Gasteiger charge is 2.24. The van der Waals surface area contributed by atoms with Gasteiger partial charge in [-0.3, -0.25) is 14.3 Å². The van der Waals surface area contributed by atoms with Crippen molar-refractivity contribution in [2.75, 3.05) is 15.4 Å². The van der Waals surface area contributed by atoms with Crippen LogP contribution in [0, 0.1) is 0 Å². The zero-order chi connectivity index (χ0) is 22.0. The largest absolute Gasteiger partial charge is 0.324 e. The normalized spacial score (nSPS) is 15.5. The maximum Gasteiger partial charge on any atom is 0.261 e. The molecular weight excluding hydrogens is 434 g/mol. The van der Waals surface area contributed by atoms with Crippen molar-refractivity contribution >= 4 is 50.7 Å². The second-order valence-electron chi connectivity index (χ2n) is 6.91. The first-order valence-corrected chi connectivity index (χ1v) is 11.8. The van der Waals surface area contributed by atoms with Crippen molar-refractivity contribution in [3.8, 4) is 0 Å². The van der Waals surface area contributed by atoms with Gasteiger partial charge in [-0.15, -0.1) is 11.8 Å². The Hall–Kier alpha value is -3.30. The van der Waals surface area contributed by atoms with E-state index >= 15 is 0 Å². The van der Waals surface area contributed by atoms with E-state index in [0.717, 1.165) is 4.90 Å². The van der Waals surface area contributed by atoms with Gasteiger partial charge in [0.15, 0.2) is 0 Å². The fourth-order valence-corrected chi connectivity index (χ4v) is 4.98. The van der Waals surface area contributed by atoms with Crippen molar-refractivity contribution in [3.05, 3.63) is 78.4 Å². The lowest BCUT2D eigenvalue weighted by molar-refractivity contribution is -0.115. The van der Waals surface area contributed by atoms with E-state index in [-0.39, 0.29) is 22.0 Å². The number of benzene rings is 3. The summed E-state index contributed by atoms with van der Waals surface area (Å²) in [6, 6.07) is 19.6. The van der Waals surface area contributed by atoms with Crippen LogP contribution in [0.2, 0.25) is 0 Å². The highest BCUT2D eigenvalue weighted by Crippen LogP contribution is 2.36. The summed E-state index contributed by atoms with van der Waals surface area (Å²) in [5.41, 5.74) is 1.91. The van der Waals surface area contributed by atoms with Crippen LogP contribution in [-0.4, -0.2) is 25.5 Å². The van der Waals surface area contributed by atoms with Crippen molar-refractivity contribution in [1.82, 2.24) is 0 Å². The summed E-state index contributed by atoms with van der Waals surface area (Å²) < 4.78 is 27.5. The Morgan fingerprint density at radius 2 is 1.68 bits per heavy atom. The standard InChI is InChI=1S/C22H19N3O4S2/c1-14-21(26)24-19-13-15(7-12-20(19)30-14)22(27)23-16-8-10-18(11-9-16)31(28,29)25-17-5-3-2-4-6-17/h2-14,25H,1H3,(H,23,27)(H,24,26). The Morgan fingerprint density at radius 1 is 0.968 bits per heavy atom. The molecule has 7 nitrogen and oxygen atoms in total. The summed E-state index contributed by atoms with van der Waals surface area (Å²) in [4.78, 5) is 25.5. The van der Waals surface area contributed by atoms with Crippen molar-refractivity contribution < 1.29 is 18.0 Å². The number of hydrogen-bond donors (Lipinski definition) is 3. The number of para-hydroxylation sites is 1. The maximum atomic E-state index is 12.6. The van der Waals surface area contributed by atoms with E-state index in [9.17, 15) is 18.0 Å². The van der Waals surface area contributed by atoms with Crippen molar-refractivity contribution in [2.24, 2.45) is 0 Å². The molecule has 3 aromatic rings. The summed E-state index contributed by atoms with van der Waals surface area (Å²) in [6.45, 7) is 1.82. The van der Waals surface area contributed by atoms with Crippen LogP contribution in [0.15, 0.2) is 82.6 Å². The maximum absolute atomic E-state index is 12.6. The van der Waals surface area contributed by atoms with E-state index < -0.39 is 10.0 Å². The number of sulfonamides is 1. The average molecular weight is 454 g/mol. The molecule has 1 aliphatic heterocycles. The first kappa shape index (κ1) is 21.0. The molecule has 0 saturated carbocycles. The van der Waals surface area contributed by atoms with Gasteiger partial charge in [-0.1, -0.05) is 18.2 Å². The number of anilines is 3. The number of fused-ring (bicyclic) bond motifs is 1. The number of carbonyl (C=O) groups excluding carboxylic acids is 2. The van der Waals surface area contributed by atoms with Gasteiger partial charge in [0.25, 0.3) is 15.9 Å². The Kier molecular flexibility index (Phi) is 5.71. The van der Waals surface area contributed by atoms with Crippen LogP contribution in [0.5, 0.6) is 0 Å². The van der Waals surface area contributed by atoms with Crippen molar-refractivity contribution in [1.29, 1.82) is 0 Å². The summed E-state index contributed by atoms with van der Waals surface area (Å²) in [5, 5.41) is 5.36. The molecule has 3 aromatic carbocycles. The highest BCUT2D eigenvalue weighted by atomic mass is 32.2. The zero-order valence-corrected chi connectivity index (χ0v) is 18.1. The van der Waals surface area contributed by atoms with E-state index in [1.807, 2.05) is 6.92 Å². The molecule has 1 unspecified atom stereocenters. The molecule has 0 aromatic heterocycles. The topological polar surface area (TPSA) is 104 Å². The third kappa shape index (κ3) is 4.73. The summed E-state index contributed by atoms with van der Waals surface area (Å²) >= 11 is 1.44. The van der Waals surface area contributed by atoms with Gasteiger partial charge < -0.3 is 10.6 Å².